The first-order valence-corrected chi connectivity index (χ1v) is 10.1. The summed E-state index contributed by atoms with van der Waals surface area (Å²) in [5.41, 5.74) is 1.72. The summed E-state index contributed by atoms with van der Waals surface area (Å²) < 4.78 is 51.5. The molecular weight excluding hydrogens is 373 g/mol. The topological polar surface area (TPSA) is 99.4 Å². The second-order valence-corrected chi connectivity index (χ2v) is 8.94. The quantitative estimate of drug-likeness (QED) is 0.634. The van der Waals surface area contributed by atoms with Crippen molar-refractivity contribution in [1.29, 1.82) is 0 Å². The molecule has 0 saturated carbocycles. The predicted molar refractivity (Wildman–Crippen MR) is 90.0 cm³/mol. The SMILES string of the molecule is Cc1ccc(S(=O)(=O)CC(=O)[N-]S(=O)(=O)c2ccc(C)cc2)cc1.[Na+]. The summed E-state index contributed by atoms with van der Waals surface area (Å²) in [6.45, 7) is 3.58. The minimum Gasteiger partial charge on any atom is -0.541 e. The predicted octanol–water partition coefficient (Wildman–Crippen LogP) is -0.630. The summed E-state index contributed by atoms with van der Waals surface area (Å²) in [7, 11) is -8.17. The van der Waals surface area contributed by atoms with E-state index < -0.39 is 31.5 Å². The number of hydrogen-bond acceptors (Lipinski definition) is 5. The molecule has 128 valence electrons. The number of benzene rings is 2. The third kappa shape index (κ3) is 5.93. The molecule has 0 aromatic heterocycles. The summed E-state index contributed by atoms with van der Waals surface area (Å²) >= 11 is 0. The molecule has 1 amide bonds. The second-order valence-electron chi connectivity index (χ2n) is 5.35. The van der Waals surface area contributed by atoms with E-state index in [-0.39, 0.29) is 39.3 Å². The van der Waals surface area contributed by atoms with E-state index in [1.54, 1.807) is 38.1 Å². The standard InChI is InChI=1S/C16H17NO5S2.Na/c1-12-3-7-14(8-4-12)23(19,20)11-16(18)17-24(21,22)15-9-5-13(2)6-10-15;/h3-10H,11H2,1-2H3,(H,17,18);/q;+1/p-1. The van der Waals surface area contributed by atoms with Gasteiger partial charge >= 0.3 is 29.6 Å². The molecule has 0 unspecified atom stereocenters. The number of aryl methyl sites for hydroxylation is 2. The van der Waals surface area contributed by atoms with Crippen LogP contribution in [-0.2, 0) is 24.7 Å². The summed E-state index contributed by atoms with van der Waals surface area (Å²) in [6.07, 6.45) is 0. The zero-order valence-corrected chi connectivity index (χ0v) is 17.8. The average Bonchev–Trinajstić information content (AvgIpc) is 2.46. The van der Waals surface area contributed by atoms with Crippen LogP contribution in [0.15, 0.2) is 58.3 Å². The Kier molecular flexibility index (Phi) is 7.40. The maximum atomic E-state index is 12.1. The number of hydrogen-bond donors (Lipinski definition) is 0. The summed E-state index contributed by atoms with van der Waals surface area (Å²) in [6, 6.07) is 11.7. The Morgan fingerprint density at radius 3 is 1.64 bits per heavy atom. The molecule has 25 heavy (non-hydrogen) atoms. The van der Waals surface area contributed by atoms with Gasteiger partial charge in [0, 0.05) is 0 Å². The number of carbonyl (C=O) groups excluding carboxylic acids is 1. The zero-order valence-electron chi connectivity index (χ0n) is 14.1. The number of rotatable bonds is 5. The van der Waals surface area contributed by atoms with Crippen molar-refractivity contribution < 1.29 is 51.2 Å². The van der Waals surface area contributed by atoms with Crippen molar-refractivity contribution in [2.75, 3.05) is 5.75 Å². The monoisotopic (exact) mass is 389 g/mol. The number of sulfonamides is 1. The fourth-order valence-electron chi connectivity index (χ4n) is 1.91. The number of sulfone groups is 1. The first-order valence-electron chi connectivity index (χ1n) is 6.97. The Morgan fingerprint density at radius 1 is 0.800 bits per heavy atom. The van der Waals surface area contributed by atoms with Crippen LogP contribution in [0.1, 0.15) is 11.1 Å². The van der Waals surface area contributed by atoms with Crippen LogP contribution in [0, 0.1) is 13.8 Å². The van der Waals surface area contributed by atoms with Gasteiger partial charge in [0.2, 0.25) is 0 Å². The minimum atomic E-state index is -4.23. The molecule has 2 aromatic rings. The van der Waals surface area contributed by atoms with Crippen LogP contribution in [0.2, 0.25) is 0 Å². The van der Waals surface area contributed by atoms with E-state index in [9.17, 15) is 21.6 Å². The molecule has 0 atom stereocenters. The van der Waals surface area contributed by atoms with E-state index >= 15 is 0 Å². The van der Waals surface area contributed by atoms with Gasteiger partial charge in [0.1, 0.15) is 10.0 Å². The van der Waals surface area contributed by atoms with Gasteiger partial charge in [-0.1, -0.05) is 35.4 Å². The molecule has 0 radical (unpaired) electrons. The molecule has 0 aliphatic heterocycles. The van der Waals surface area contributed by atoms with Gasteiger partial charge in [-0.15, -0.1) is 0 Å². The molecule has 0 bridgehead atoms. The molecule has 2 aromatic carbocycles. The van der Waals surface area contributed by atoms with Gasteiger partial charge in [-0.3, -0.25) is 0 Å². The normalized spacial score (nSPS) is 11.4. The van der Waals surface area contributed by atoms with Crippen molar-refractivity contribution in [3.63, 3.8) is 0 Å². The van der Waals surface area contributed by atoms with Gasteiger partial charge in [-0.2, -0.15) is 0 Å². The van der Waals surface area contributed by atoms with Crippen LogP contribution in [0.3, 0.4) is 0 Å². The largest absolute Gasteiger partial charge is 1.00 e. The second kappa shape index (κ2) is 8.46. The number of nitrogens with zero attached hydrogens (tertiary/aromatic N) is 1. The Bertz CT molecular complexity index is 871. The number of amides is 1. The molecule has 0 heterocycles. The Labute approximate surface area is 169 Å². The fourth-order valence-corrected chi connectivity index (χ4v) is 4.02. The molecule has 6 nitrogen and oxygen atoms in total. The van der Waals surface area contributed by atoms with Crippen LogP contribution < -0.4 is 29.6 Å². The Hall–Kier alpha value is -1.19. The molecule has 0 aliphatic carbocycles. The van der Waals surface area contributed by atoms with Gasteiger partial charge < -0.3 is 9.52 Å². The number of carbonyl (C=O) groups is 1. The van der Waals surface area contributed by atoms with Crippen LogP contribution in [0.25, 0.3) is 4.72 Å². The molecule has 0 fully saturated rings. The van der Waals surface area contributed by atoms with E-state index in [0.717, 1.165) is 11.1 Å². The summed E-state index contributed by atoms with van der Waals surface area (Å²) in [4.78, 5) is 11.6. The third-order valence-electron chi connectivity index (χ3n) is 3.23. The van der Waals surface area contributed by atoms with Crippen molar-refractivity contribution in [2.24, 2.45) is 0 Å². The third-order valence-corrected chi connectivity index (χ3v) is 6.16. The fraction of sp³-hybridized carbons (Fsp3) is 0.188. The van der Waals surface area contributed by atoms with E-state index in [1.165, 1.54) is 24.3 Å². The molecule has 0 N–H and O–H groups in total. The van der Waals surface area contributed by atoms with E-state index in [0.29, 0.717) is 0 Å². The van der Waals surface area contributed by atoms with Crippen molar-refractivity contribution >= 4 is 25.8 Å². The van der Waals surface area contributed by atoms with E-state index in [2.05, 4.69) is 4.72 Å². The smallest absolute Gasteiger partial charge is 0.541 e. The van der Waals surface area contributed by atoms with Crippen molar-refractivity contribution in [2.45, 2.75) is 23.6 Å². The summed E-state index contributed by atoms with van der Waals surface area (Å²) in [5.74, 6) is -2.22. The van der Waals surface area contributed by atoms with Gasteiger partial charge in [0.25, 0.3) is 0 Å². The molecule has 2 rings (SSSR count). The first-order chi connectivity index (χ1) is 11.1. The zero-order chi connectivity index (χ0) is 18.0. The van der Waals surface area contributed by atoms with E-state index in [1.807, 2.05) is 0 Å². The van der Waals surface area contributed by atoms with Crippen molar-refractivity contribution in [3.8, 4) is 0 Å². The Morgan fingerprint density at radius 2 is 1.20 bits per heavy atom. The van der Waals surface area contributed by atoms with Crippen molar-refractivity contribution in [3.05, 3.63) is 64.4 Å². The van der Waals surface area contributed by atoms with Crippen LogP contribution in [0.4, 0.5) is 0 Å². The molecular formula is C16H16NNaO5S2. The molecule has 9 heteroatoms. The van der Waals surface area contributed by atoms with Gasteiger partial charge in [-0.25, -0.2) is 16.8 Å². The van der Waals surface area contributed by atoms with Crippen LogP contribution in [-0.4, -0.2) is 28.5 Å². The molecule has 0 saturated heterocycles. The molecule has 0 aliphatic rings. The van der Waals surface area contributed by atoms with Crippen molar-refractivity contribution in [1.82, 2.24) is 0 Å². The average molecular weight is 389 g/mol. The van der Waals surface area contributed by atoms with Gasteiger partial charge in [-0.05, 0) is 38.1 Å². The maximum absolute atomic E-state index is 12.1. The van der Waals surface area contributed by atoms with E-state index in [4.69, 9.17) is 0 Å². The minimum absolute atomic E-state index is 0. The Balaban J connectivity index is 0.00000312. The first kappa shape index (κ1) is 21.9. The van der Waals surface area contributed by atoms with Crippen LogP contribution >= 0.6 is 0 Å². The van der Waals surface area contributed by atoms with Gasteiger partial charge in [0.15, 0.2) is 9.84 Å². The van der Waals surface area contributed by atoms with Crippen LogP contribution in [0.5, 0.6) is 0 Å². The summed E-state index contributed by atoms with van der Waals surface area (Å²) in [5, 5.41) is 0. The van der Waals surface area contributed by atoms with Gasteiger partial charge in [0.05, 0.1) is 21.5 Å². The maximum Gasteiger partial charge on any atom is 1.00 e. The molecule has 0 spiro atoms.